The molecule has 0 aromatic carbocycles. The summed E-state index contributed by atoms with van der Waals surface area (Å²) in [6.45, 7) is 22.7. The number of hydrogen-bond acceptors (Lipinski definition) is 18. The van der Waals surface area contributed by atoms with Crippen LogP contribution in [0.25, 0.3) is 0 Å². The summed E-state index contributed by atoms with van der Waals surface area (Å²) in [5, 5.41) is 7.94. The lowest BCUT2D eigenvalue weighted by molar-refractivity contribution is -0.173. The topological polar surface area (TPSA) is 242 Å². The first-order chi connectivity index (χ1) is 36.3. The molecule has 2 aromatic rings. The Morgan fingerprint density at radius 3 is 1.39 bits per heavy atom. The van der Waals surface area contributed by atoms with E-state index in [1.54, 1.807) is 10.6 Å². The van der Waals surface area contributed by atoms with Crippen LogP contribution < -0.4 is 32.6 Å². The first-order valence-corrected chi connectivity index (χ1v) is 34.6. The largest absolute Gasteiger partial charge is 0.471 e. The van der Waals surface area contributed by atoms with E-state index in [0.29, 0.717) is 12.4 Å². The van der Waals surface area contributed by atoms with Crippen molar-refractivity contribution in [3.8, 4) is 23.7 Å². The SMILES string of the molecule is CC(=O)Nc1nc(=O)n(C2CC(OC[S-](=S)=S)C(CO[Si](C)(C)C(C)(C)C)O2)cc1C#CCNC(=O)C(F)(F)F.CSCOC1CC(n2cc(C#CCNC(=O)C(F)(F)F)c(NC(C)=O)nc2=O)OC1CO[Si](C)(C)C(C)(C)C. The normalized spacial score (nSPS) is 19.7. The number of thioether (sulfide) groups is 1. The van der Waals surface area contributed by atoms with Crippen molar-refractivity contribution in [3.63, 3.8) is 0 Å². The first-order valence-electron chi connectivity index (χ1n) is 24.1. The van der Waals surface area contributed by atoms with Crippen molar-refractivity contribution in [1.29, 1.82) is 0 Å². The van der Waals surface area contributed by atoms with Crippen molar-refractivity contribution < 1.29 is 73.3 Å². The highest BCUT2D eigenvalue weighted by Crippen LogP contribution is 2.40. The van der Waals surface area contributed by atoms with Gasteiger partial charge in [-0.05, 0) is 48.5 Å². The van der Waals surface area contributed by atoms with Crippen molar-refractivity contribution >= 4 is 94.1 Å². The molecule has 2 aromatic heterocycles. The predicted molar refractivity (Wildman–Crippen MR) is 296 cm³/mol. The van der Waals surface area contributed by atoms with Gasteiger partial charge in [0.15, 0.2) is 28.3 Å². The number of nitrogens with one attached hydrogen (secondary N) is 4. The van der Waals surface area contributed by atoms with Gasteiger partial charge in [-0.3, -0.25) is 50.7 Å². The number of aromatic nitrogens is 4. The van der Waals surface area contributed by atoms with Gasteiger partial charge in [-0.1, -0.05) is 65.2 Å². The highest BCUT2D eigenvalue weighted by Gasteiger charge is 2.44. The third kappa shape index (κ3) is 21.5. The van der Waals surface area contributed by atoms with Crippen LogP contribution in [0.5, 0.6) is 0 Å². The zero-order valence-electron chi connectivity index (χ0n) is 45.9. The Kier molecular flexibility index (Phi) is 25.4. The molecule has 4 heterocycles. The molecule has 20 nitrogen and oxygen atoms in total. The Morgan fingerprint density at radius 1 is 0.709 bits per heavy atom. The van der Waals surface area contributed by atoms with Gasteiger partial charge < -0.3 is 57.1 Å². The van der Waals surface area contributed by atoms with Gasteiger partial charge in [-0.15, -0.1) is 11.8 Å². The number of carbonyl (C=O) groups excluding carboxylic acids is 4. The van der Waals surface area contributed by atoms with Crippen LogP contribution in [0.1, 0.15) is 91.8 Å². The second kappa shape index (κ2) is 29.1. The standard InChI is InChI=1S/C24H35F3N4O6SSi.C23H32F3N4O6S3Si/c1-15(32)29-20-16(9-8-10-28-21(33)24(25,26)27)12-31(22(34)30-20)19-11-17(35-14-38-5)18(37-19)13-36-39(6,7)23(2,3)4;1-14(31)28-19-15(8-7-9-27-20(32)23(24,25)26)11-30(21(33)29-19)18-10-16(34-13-39(37)38)17(36-18)12-35-40(5,6)22(2,3)4/h12,17-19H,10-11,13-14H2,1-7H3,(H,28,33)(H,29,30,32,34);11,16-18H,9-10,12-13H2,1-6H3,(H,27,32)(H,28,29,31,33)/q;-1. The van der Waals surface area contributed by atoms with E-state index in [1.165, 1.54) is 42.6 Å². The fourth-order valence-corrected chi connectivity index (χ4v) is 9.45. The molecular weight excluding hydrogens is 1170 g/mol. The molecule has 4 rings (SSSR count). The van der Waals surface area contributed by atoms with Crippen LogP contribution in [0.4, 0.5) is 38.0 Å². The van der Waals surface area contributed by atoms with E-state index in [-0.39, 0.29) is 64.5 Å². The molecule has 6 unspecified atom stereocenters. The van der Waals surface area contributed by atoms with E-state index in [2.05, 4.69) is 112 Å². The molecule has 32 heteroatoms. The minimum absolute atomic E-state index is 0.0197. The fourth-order valence-electron chi connectivity index (χ4n) is 6.49. The van der Waals surface area contributed by atoms with E-state index in [4.69, 9.17) is 50.2 Å². The van der Waals surface area contributed by atoms with Gasteiger partial charge in [0, 0.05) is 39.1 Å². The summed E-state index contributed by atoms with van der Waals surface area (Å²) in [5.74, 6) is 4.68. The van der Waals surface area contributed by atoms with E-state index >= 15 is 0 Å². The smallest absolute Gasteiger partial charge is 0.414 e. The molecule has 0 radical (unpaired) electrons. The molecule has 0 spiro atoms. The Balaban J connectivity index is 0.000000415. The monoisotopic (exact) mass is 1230 g/mol. The lowest BCUT2D eigenvalue weighted by Crippen LogP contribution is -2.44. The van der Waals surface area contributed by atoms with E-state index < -0.39 is 116 Å². The van der Waals surface area contributed by atoms with Gasteiger partial charge in [0.1, 0.15) is 24.7 Å². The maximum Gasteiger partial charge on any atom is 0.471 e. The van der Waals surface area contributed by atoms with Crippen LogP contribution >= 0.6 is 11.8 Å². The van der Waals surface area contributed by atoms with Crippen molar-refractivity contribution in [2.75, 3.05) is 55.1 Å². The molecule has 2 aliphatic rings. The number of halogens is 6. The highest BCUT2D eigenvalue weighted by atomic mass is 33.1. The van der Waals surface area contributed by atoms with Crippen LogP contribution in [0.2, 0.25) is 36.3 Å². The average Bonchev–Trinajstić information content (AvgIpc) is 3.92. The maximum absolute atomic E-state index is 12.9. The fraction of sp³-hybridized carbons (Fsp3) is 0.660. The van der Waals surface area contributed by atoms with Crippen LogP contribution in [-0.2, 0) is 77.4 Å². The number of amides is 4. The van der Waals surface area contributed by atoms with E-state index in [1.807, 2.05) is 6.26 Å². The highest BCUT2D eigenvalue weighted by molar-refractivity contribution is 8.46. The lowest BCUT2D eigenvalue weighted by atomic mass is 10.2. The van der Waals surface area contributed by atoms with Gasteiger partial charge in [-0.25, -0.2) is 9.59 Å². The molecular formula is C47H67F6N8O12S4Si2-. The Labute approximate surface area is 471 Å². The number of anilines is 2. The second-order valence-corrected chi connectivity index (χ2v) is 35.1. The van der Waals surface area contributed by atoms with Gasteiger partial charge in [-0.2, -0.15) is 36.3 Å². The second-order valence-electron chi connectivity index (χ2n) is 20.8. The average molecular weight is 1230 g/mol. The van der Waals surface area contributed by atoms with Crippen LogP contribution in [0.3, 0.4) is 0 Å². The summed E-state index contributed by atoms with van der Waals surface area (Å²) in [6, 6.07) is 0. The number of carbonyl (C=O) groups is 4. The summed E-state index contributed by atoms with van der Waals surface area (Å²) in [7, 11) is -5.07. The molecule has 442 valence electrons. The summed E-state index contributed by atoms with van der Waals surface area (Å²) < 4.78 is 114. The van der Waals surface area contributed by atoms with E-state index in [9.17, 15) is 55.1 Å². The van der Waals surface area contributed by atoms with Crippen molar-refractivity contribution in [1.82, 2.24) is 29.7 Å². The molecule has 2 saturated heterocycles. The Hall–Kier alpha value is -4.33. The molecule has 6 atom stereocenters. The number of rotatable bonds is 18. The van der Waals surface area contributed by atoms with Crippen molar-refractivity contribution in [3.05, 3.63) is 44.5 Å². The summed E-state index contributed by atoms with van der Waals surface area (Å²) >= 11 is 11.6. The van der Waals surface area contributed by atoms with E-state index in [0.717, 1.165) is 4.57 Å². The summed E-state index contributed by atoms with van der Waals surface area (Å²) in [6.07, 6.45) is -8.62. The third-order valence-corrected chi connectivity index (χ3v) is 23.0. The minimum atomic E-state index is -5.06. The number of ether oxygens (including phenoxy) is 4. The predicted octanol–water partition coefficient (Wildman–Crippen LogP) is 5.67. The summed E-state index contributed by atoms with van der Waals surface area (Å²) in [5.41, 5.74) is -1.41. The minimum Gasteiger partial charge on any atom is -0.414 e. The molecule has 79 heavy (non-hydrogen) atoms. The first kappa shape index (κ1) is 68.9. The van der Waals surface area contributed by atoms with Crippen molar-refractivity contribution in [2.24, 2.45) is 0 Å². The van der Waals surface area contributed by atoms with Gasteiger partial charge in [0.25, 0.3) is 0 Å². The van der Waals surface area contributed by atoms with Gasteiger partial charge in [0.2, 0.25) is 11.8 Å². The third-order valence-electron chi connectivity index (χ3n) is 12.7. The summed E-state index contributed by atoms with van der Waals surface area (Å²) in [4.78, 5) is 78.8. The molecule has 2 aliphatic heterocycles. The maximum atomic E-state index is 12.9. The molecule has 4 N–H and O–H groups in total. The molecule has 0 saturated carbocycles. The zero-order valence-corrected chi connectivity index (χ0v) is 51.1. The zero-order chi connectivity index (χ0) is 60.1. The van der Waals surface area contributed by atoms with Crippen LogP contribution in [0, 0.1) is 23.7 Å². The number of alkyl halides is 6. The number of nitrogens with zero attached hydrogens (tertiary/aromatic N) is 4. The Morgan fingerprint density at radius 2 is 1.08 bits per heavy atom. The molecule has 0 aliphatic carbocycles. The molecule has 2 fully saturated rings. The molecule has 4 amide bonds. The number of hydrogen-bond donors (Lipinski definition) is 4. The lowest BCUT2D eigenvalue weighted by Gasteiger charge is -2.37. The van der Waals surface area contributed by atoms with Crippen LogP contribution in [0.15, 0.2) is 22.0 Å². The van der Waals surface area contributed by atoms with Crippen LogP contribution in [-0.4, -0.2) is 141 Å². The quantitative estimate of drug-likeness (QED) is 0.0462. The molecule has 0 bridgehead atoms. The Bertz CT molecular complexity index is 2830. The van der Waals surface area contributed by atoms with Crippen molar-refractivity contribution in [2.45, 2.75) is 154 Å². The van der Waals surface area contributed by atoms with Gasteiger partial charge >= 0.3 is 35.5 Å². The van der Waals surface area contributed by atoms with Gasteiger partial charge in [0.05, 0.1) is 55.6 Å².